The van der Waals surface area contributed by atoms with Crippen molar-refractivity contribution < 1.29 is 0 Å². The van der Waals surface area contributed by atoms with Crippen molar-refractivity contribution in [2.75, 3.05) is 18.0 Å². The molecule has 1 aromatic rings. The third kappa shape index (κ3) is 4.37. The first-order valence-electron chi connectivity index (χ1n) is 8.04. The third-order valence-corrected chi connectivity index (χ3v) is 4.74. The van der Waals surface area contributed by atoms with Crippen LogP contribution in [0.3, 0.4) is 0 Å². The maximum Gasteiger partial charge on any atom is 0.0426 e. The number of anilines is 1. The zero-order valence-corrected chi connectivity index (χ0v) is 14.8. The highest BCUT2D eigenvalue weighted by Crippen LogP contribution is 2.37. The molecule has 2 rings (SSSR count). The fourth-order valence-corrected chi connectivity index (χ4v) is 3.15. The molecule has 0 aromatic heterocycles. The highest BCUT2D eigenvalue weighted by atomic mass is 35.5. The Labute approximate surface area is 134 Å². The first-order valence-corrected chi connectivity index (χ1v) is 8.42. The van der Waals surface area contributed by atoms with Gasteiger partial charge in [0.2, 0.25) is 0 Å². The summed E-state index contributed by atoms with van der Waals surface area (Å²) in [5.74, 6) is 0.752. The van der Waals surface area contributed by atoms with Crippen LogP contribution < -0.4 is 10.2 Å². The van der Waals surface area contributed by atoms with E-state index >= 15 is 0 Å². The molecule has 1 aliphatic rings. The largest absolute Gasteiger partial charge is 0.371 e. The smallest absolute Gasteiger partial charge is 0.0426 e. The Hall–Kier alpha value is -0.730. The zero-order chi connectivity index (χ0) is 15.6. The van der Waals surface area contributed by atoms with Crippen LogP contribution >= 0.6 is 11.6 Å². The summed E-state index contributed by atoms with van der Waals surface area (Å²) in [6, 6.07) is 6.79. The van der Waals surface area contributed by atoms with E-state index in [0.717, 1.165) is 30.6 Å². The lowest BCUT2D eigenvalue weighted by Crippen LogP contribution is -2.28. The van der Waals surface area contributed by atoms with Crippen LogP contribution in [-0.2, 0) is 6.54 Å². The van der Waals surface area contributed by atoms with Gasteiger partial charge in [0, 0.05) is 36.4 Å². The summed E-state index contributed by atoms with van der Waals surface area (Å²) >= 11 is 6.24. The van der Waals surface area contributed by atoms with Gasteiger partial charge in [-0.3, -0.25) is 0 Å². The molecule has 0 aliphatic carbocycles. The van der Waals surface area contributed by atoms with Crippen LogP contribution in [0.2, 0.25) is 5.02 Å². The van der Waals surface area contributed by atoms with Gasteiger partial charge in [0.15, 0.2) is 0 Å². The van der Waals surface area contributed by atoms with Crippen molar-refractivity contribution in [2.24, 2.45) is 11.3 Å². The van der Waals surface area contributed by atoms with E-state index in [2.05, 4.69) is 57.0 Å². The Balaban J connectivity index is 2.17. The van der Waals surface area contributed by atoms with Gasteiger partial charge in [0.25, 0.3) is 0 Å². The van der Waals surface area contributed by atoms with Gasteiger partial charge >= 0.3 is 0 Å². The van der Waals surface area contributed by atoms with Gasteiger partial charge in [-0.05, 0) is 35.4 Å². The van der Waals surface area contributed by atoms with Crippen LogP contribution in [0.5, 0.6) is 0 Å². The molecular formula is C18H29ClN2. The van der Waals surface area contributed by atoms with E-state index in [1.807, 2.05) is 6.07 Å². The number of nitrogens with zero attached hydrogens (tertiary/aromatic N) is 1. The molecule has 1 heterocycles. The standard InChI is InChI=1S/C18H29ClN2/c1-13(2)20-11-14-6-7-16(19)10-17(14)21-9-8-15(12-21)18(3,4)5/h6-7,10,13,15,20H,8-9,11-12H2,1-5H3. The minimum Gasteiger partial charge on any atom is -0.371 e. The summed E-state index contributed by atoms with van der Waals surface area (Å²) in [5.41, 5.74) is 3.04. The van der Waals surface area contributed by atoms with Crippen LogP contribution in [-0.4, -0.2) is 19.1 Å². The van der Waals surface area contributed by atoms with E-state index in [1.165, 1.54) is 17.7 Å². The topological polar surface area (TPSA) is 15.3 Å². The van der Waals surface area contributed by atoms with Crippen LogP contribution in [0.4, 0.5) is 5.69 Å². The number of rotatable bonds is 4. The zero-order valence-electron chi connectivity index (χ0n) is 14.0. The van der Waals surface area contributed by atoms with Crippen LogP contribution in [0.1, 0.15) is 46.6 Å². The number of hydrogen-bond acceptors (Lipinski definition) is 2. The molecule has 1 atom stereocenters. The van der Waals surface area contributed by atoms with E-state index in [9.17, 15) is 0 Å². The Morgan fingerprint density at radius 3 is 2.62 bits per heavy atom. The third-order valence-electron chi connectivity index (χ3n) is 4.50. The van der Waals surface area contributed by atoms with E-state index in [0.29, 0.717) is 11.5 Å². The van der Waals surface area contributed by atoms with Crippen LogP contribution in [0, 0.1) is 11.3 Å². The summed E-state index contributed by atoms with van der Waals surface area (Å²) in [5, 5.41) is 4.35. The lowest BCUT2D eigenvalue weighted by molar-refractivity contribution is 0.263. The predicted octanol–water partition coefficient (Wildman–Crippen LogP) is 4.71. The average molecular weight is 309 g/mol. The lowest BCUT2D eigenvalue weighted by atomic mass is 9.80. The minimum atomic E-state index is 0.379. The summed E-state index contributed by atoms with van der Waals surface area (Å²) in [4.78, 5) is 2.51. The normalized spacial score (nSPS) is 19.6. The predicted molar refractivity (Wildman–Crippen MR) is 93.2 cm³/mol. The quantitative estimate of drug-likeness (QED) is 0.866. The summed E-state index contributed by atoms with van der Waals surface area (Å²) in [6.07, 6.45) is 1.27. The molecule has 1 N–H and O–H groups in total. The molecule has 0 radical (unpaired) electrons. The summed E-state index contributed by atoms with van der Waals surface area (Å²) in [6.45, 7) is 14.6. The SMILES string of the molecule is CC(C)NCc1ccc(Cl)cc1N1CCC(C(C)(C)C)C1. The van der Waals surface area contributed by atoms with Gasteiger partial charge in [-0.2, -0.15) is 0 Å². The van der Waals surface area contributed by atoms with Gasteiger partial charge in [0.05, 0.1) is 0 Å². The molecule has 1 saturated heterocycles. The van der Waals surface area contributed by atoms with Crippen LogP contribution in [0.25, 0.3) is 0 Å². The lowest BCUT2D eigenvalue weighted by Gasteiger charge is -2.28. The molecule has 1 aromatic carbocycles. The Bertz CT molecular complexity index is 477. The van der Waals surface area contributed by atoms with Gasteiger partial charge in [-0.25, -0.2) is 0 Å². The first-order chi connectivity index (χ1) is 9.77. The van der Waals surface area contributed by atoms with Gasteiger partial charge in [0.1, 0.15) is 0 Å². The van der Waals surface area contributed by atoms with Crippen molar-refractivity contribution in [3.8, 4) is 0 Å². The second-order valence-corrected chi connectivity index (χ2v) is 8.04. The molecule has 1 aliphatic heterocycles. The minimum absolute atomic E-state index is 0.379. The molecule has 0 spiro atoms. The maximum atomic E-state index is 6.24. The summed E-state index contributed by atoms with van der Waals surface area (Å²) < 4.78 is 0. The van der Waals surface area contributed by atoms with E-state index in [-0.39, 0.29) is 0 Å². The fourth-order valence-electron chi connectivity index (χ4n) is 2.98. The van der Waals surface area contributed by atoms with Crippen molar-refractivity contribution >= 4 is 17.3 Å². The van der Waals surface area contributed by atoms with Crippen molar-refractivity contribution in [3.63, 3.8) is 0 Å². The van der Waals surface area contributed by atoms with E-state index in [4.69, 9.17) is 11.6 Å². The Morgan fingerprint density at radius 1 is 1.33 bits per heavy atom. The molecule has 0 saturated carbocycles. The average Bonchev–Trinajstić information content (AvgIpc) is 2.86. The molecule has 3 heteroatoms. The van der Waals surface area contributed by atoms with Crippen molar-refractivity contribution in [1.29, 1.82) is 0 Å². The van der Waals surface area contributed by atoms with Crippen molar-refractivity contribution in [3.05, 3.63) is 28.8 Å². The van der Waals surface area contributed by atoms with E-state index in [1.54, 1.807) is 0 Å². The highest BCUT2D eigenvalue weighted by Gasteiger charge is 2.32. The summed E-state index contributed by atoms with van der Waals surface area (Å²) in [7, 11) is 0. The molecular weight excluding hydrogens is 280 g/mol. The molecule has 0 amide bonds. The fraction of sp³-hybridized carbons (Fsp3) is 0.667. The molecule has 1 unspecified atom stereocenters. The molecule has 2 nitrogen and oxygen atoms in total. The molecule has 0 bridgehead atoms. The van der Waals surface area contributed by atoms with Gasteiger partial charge in [-0.15, -0.1) is 0 Å². The van der Waals surface area contributed by atoms with Gasteiger partial charge in [-0.1, -0.05) is 52.3 Å². The van der Waals surface area contributed by atoms with Gasteiger partial charge < -0.3 is 10.2 Å². The number of hydrogen-bond donors (Lipinski definition) is 1. The van der Waals surface area contributed by atoms with Crippen molar-refractivity contribution in [2.45, 2.75) is 53.6 Å². The molecule has 21 heavy (non-hydrogen) atoms. The molecule has 118 valence electrons. The molecule has 1 fully saturated rings. The number of nitrogens with one attached hydrogen (secondary N) is 1. The Morgan fingerprint density at radius 2 is 2.05 bits per heavy atom. The second kappa shape index (κ2) is 6.58. The second-order valence-electron chi connectivity index (χ2n) is 7.61. The highest BCUT2D eigenvalue weighted by molar-refractivity contribution is 6.30. The van der Waals surface area contributed by atoms with Crippen LogP contribution in [0.15, 0.2) is 18.2 Å². The maximum absolute atomic E-state index is 6.24. The Kier molecular flexibility index (Phi) is 5.21. The monoisotopic (exact) mass is 308 g/mol. The van der Waals surface area contributed by atoms with E-state index < -0.39 is 0 Å². The first kappa shape index (κ1) is 16.6. The number of benzene rings is 1. The van der Waals surface area contributed by atoms with Crippen molar-refractivity contribution in [1.82, 2.24) is 5.32 Å². The number of halogens is 1.